The zero-order valence-electron chi connectivity index (χ0n) is 15.7. The molecule has 0 aliphatic carbocycles. The molecule has 3 atom stereocenters. The Labute approximate surface area is 151 Å². The third-order valence-corrected chi connectivity index (χ3v) is 4.74. The minimum Gasteiger partial charge on any atom is -0.349 e. The van der Waals surface area contributed by atoms with Crippen LogP contribution in [-0.4, -0.2) is 19.4 Å². The summed E-state index contributed by atoms with van der Waals surface area (Å²) in [5.74, 6) is 0. The van der Waals surface area contributed by atoms with E-state index in [1.54, 1.807) is 0 Å². The van der Waals surface area contributed by atoms with E-state index in [9.17, 15) is 0 Å². The quantitative estimate of drug-likeness (QED) is 0.872. The summed E-state index contributed by atoms with van der Waals surface area (Å²) in [6.07, 6.45) is -0.317. The molecule has 0 saturated carbocycles. The SMILES string of the molecule is CC(OC1OCCNC1c1ccccc1)c1cccc(C(C)(C)C)c1. The number of morpholine rings is 1. The molecule has 0 amide bonds. The highest BCUT2D eigenvalue weighted by Crippen LogP contribution is 2.30. The Morgan fingerprint density at radius 3 is 2.56 bits per heavy atom. The maximum atomic E-state index is 6.33. The molecule has 0 radical (unpaired) electrons. The van der Waals surface area contributed by atoms with Crippen LogP contribution in [0, 0.1) is 0 Å². The maximum Gasteiger partial charge on any atom is 0.177 e. The van der Waals surface area contributed by atoms with Gasteiger partial charge in [-0.1, -0.05) is 75.4 Å². The molecule has 1 N–H and O–H groups in total. The molecule has 25 heavy (non-hydrogen) atoms. The minimum atomic E-state index is -0.288. The molecule has 0 bridgehead atoms. The third kappa shape index (κ3) is 4.49. The average molecular weight is 339 g/mol. The van der Waals surface area contributed by atoms with Gasteiger partial charge in [-0.05, 0) is 29.0 Å². The Morgan fingerprint density at radius 1 is 1.08 bits per heavy atom. The Bertz CT molecular complexity index is 678. The Morgan fingerprint density at radius 2 is 1.84 bits per heavy atom. The second kappa shape index (κ2) is 7.69. The highest BCUT2D eigenvalue weighted by Gasteiger charge is 2.29. The molecule has 0 spiro atoms. The first-order chi connectivity index (χ1) is 11.9. The number of hydrogen-bond acceptors (Lipinski definition) is 3. The Balaban J connectivity index is 1.76. The largest absolute Gasteiger partial charge is 0.349 e. The first-order valence-corrected chi connectivity index (χ1v) is 9.11. The molecule has 2 aromatic rings. The molecule has 0 aromatic heterocycles. The number of ether oxygens (including phenoxy) is 2. The fourth-order valence-corrected chi connectivity index (χ4v) is 3.17. The standard InChI is InChI=1S/C22H29NO2/c1-16(18-11-8-12-19(15-18)22(2,3)4)25-21-20(23-13-14-24-21)17-9-6-5-7-10-17/h5-12,15-16,20-21,23H,13-14H2,1-4H3. The highest BCUT2D eigenvalue weighted by atomic mass is 16.7. The van der Waals surface area contributed by atoms with Gasteiger partial charge in [0, 0.05) is 6.54 Å². The predicted molar refractivity (Wildman–Crippen MR) is 102 cm³/mol. The molecule has 3 unspecified atom stereocenters. The normalized spacial score (nSPS) is 22.6. The van der Waals surface area contributed by atoms with Crippen molar-refractivity contribution in [3.8, 4) is 0 Å². The molecule has 1 aliphatic heterocycles. The van der Waals surface area contributed by atoms with E-state index in [0.717, 1.165) is 6.54 Å². The lowest BCUT2D eigenvalue weighted by molar-refractivity contribution is -0.200. The summed E-state index contributed by atoms with van der Waals surface area (Å²) < 4.78 is 12.3. The van der Waals surface area contributed by atoms with Crippen LogP contribution in [0.3, 0.4) is 0 Å². The van der Waals surface area contributed by atoms with Gasteiger partial charge < -0.3 is 14.8 Å². The van der Waals surface area contributed by atoms with Crippen LogP contribution in [0.1, 0.15) is 56.5 Å². The molecular formula is C22H29NO2. The van der Waals surface area contributed by atoms with Crippen LogP contribution in [0.5, 0.6) is 0 Å². The molecule has 3 heteroatoms. The topological polar surface area (TPSA) is 30.5 Å². The van der Waals surface area contributed by atoms with E-state index in [0.29, 0.717) is 6.61 Å². The van der Waals surface area contributed by atoms with Crippen LogP contribution in [0.2, 0.25) is 0 Å². The van der Waals surface area contributed by atoms with Crippen molar-refractivity contribution in [2.45, 2.75) is 51.5 Å². The zero-order valence-corrected chi connectivity index (χ0v) is 15.7. The van der Waals surface area contributed by atoms with Gasteiger partial charge in [-0.2, -0.15) is 0 Å². The maximum absolute atomic E-state index is 6.33. The van der Waals surface area contributed by atoms with Crippen molar-refractivity contribution in [2.24, 2.45) is 0 Å². The number of rotatable bonds is 4. The van der Waals surface area contributed by atoms with E-state index in [-0.39, 0.29) is 23.9 Å². The lowest BCUT2D eigenvalue weighted by Gasteiger charge is -2.35. The van der Waals surface area contributed by atoms with Crippen molar-refractivity contribution < 1.29 is 9.47 Å². The summed E-state index contributed by atoms with van der Waals surface area (Å²) in [6.45, 7) is 10.3. The van der Waals surface area contributed by atoms with Crippen molar-refractivity contribution in [1.82, 2.24) is 5.32 Å². The monoisotopic (exact) mass is 339 g/mol. The van der Waals surface area contributed by atoms with Crippen LogP contribution >= 0.6 is 0 Å². The van der Waals surface area contributed by atoms with Gasteiger partial charge in [0.05, 0.1) is 18.8 Å². The van der Waals surface area contributed by atoms with Crippen molar-refractivity contribution in [3.63, 3.8) is 0 Å². The van der Waals surface area contributed by atoms with Crippen LogP contribution < -0.4 is 5.32 Å². The molecule has 1 aliphatic rings. The lowest BCUT2D eigenvalue weighted by Crippen LogP contribution is -2.43. The molecule has 1 saturated heterocycles. The van der Waals surface area contributed by atoms with Crippen LogP contribution in [-0.2, 0) is 14.9 Å². The van der Waals surface area contributed by atoms with E-state index in [2.05, 4.69) is 81.5 Å². The fraction of sp³-hybridized carbons (Fsp3) is 0.455. The summed E-state index contributed by atoms with van der Waals surface area (Å²) in [5, 5.41) is 3.53. The van der Waals surface area contributed by atoms with Crippen molar-refractivity contribution in [1.29, 1.82) is 0 Å². The van der Waals surface area contributed by atoms with Crippen molar-refractivity contribution in [2.75, 3.05) is 13.2 Å². The molecule has 2 aromatic carbocycles. The lowest BCUT2D eigenvalue weighted by atomic mass is 9.86. The summed E-state index contributed by atoms with van der Waals surface area (Å²) in [7, 11) is 0. The molecule has 1 fully saturated rings. The second-order valence-electron chi connectivity index (χ2n) is 7.74. The van der Waals surface area contributed by atoms with E-state index in [4.69, 9.17) is 9.47 Å². The van der Waals surface area contributed by atoms with Gasteiger partial charge in [0.15, 0.2) is 6.29 Å². The van der Waals surface area contributed by atoms with Gasteiger partial charge in [-0.3, -0.25) is 0 Å². The minimum absolute atomic E-state index is 0.0292. The van der Waals surface area contributed by atoms with E-state index < -0.39 is 0 Å². The molecule has 1 heterocycles. The summed E-state index contributed by atoms with van der Waals surface area (Å²) in [4.78, 5) is 0. The summed E-state index contributed by atoms with van der Waals surface area (Å²) >= 11 is 0. The summed E-state index contributed by atoms with van der Waals surface area (Å²) in [6, 6.07) is 19.1. The van der Waals surface area contributed by atoms with Gasteiger partial charge in [0.1, 0.15) is 0 Å². The predicted octanol–water partition coefficient (Wildman–Crippen LogP) is 4.75. The summed E-state index contributed by atoms with van der Waals surface area (Å²) in [5.41, 5.74) is 3.84. The zero-order chi connectivity index (χ0) is 17.9. The van der Waals surface area contributed by atoms with E-state index in [1.165, 1.54) is 16.7 Å². The third-order valence-electron chi connectivity index (χ3n) is 4.74. The second-order valence-corrected chi connectivity index (χ2v) is 7.74. The average Bonchev–Trinajstić information content (AvgIpc) is 2.62. The number of nitrogens with one attached hydrogen (secondary N) is 1. The first-order valence-electron chi connectivity index (χ1n) is 9.11. The molecule has 134 valence electrons. The van der Waals surface area contributed by atoms with Gasteiger partial charge in [-0.25, -0.2) is 0 Å². The fourth-order valence-electron chi connectivity index (χ4n) is 3.17. The Hall–Kier alpha value is -1.68. The van der Waals surface area contributed by atoms with Crippen molar-refractivity contribution in [3.05, 3.63) is 71.3 Å². The number of benzene rings is 2. The Kier molecular flexibility index (Phi) is 5.57. The van der Waals surface area contributed by atoms with Crippen LogP contribution in [0.25, 0.3) is 0 Å². The highest BCUT2D eigenvalue weighted by molar-refractivity contribution is 5.30. The molecule has 3 nitrogen and oxygen atoms in total. The van der Waals surface area contributed by atoms with Gasteiger partial charge in [0.25, 0.3) is 0 Å². The number of hydrogen-bond donors (Lipinski definition) is 1. The smallest absolute Gasteiger partial charge is 0.177 e. The first kappa shape index (κ1) is 18.1. The van der Waals surface area contributed by atoms with Crippen molar-refractivity contribution >= 4 is 0 Å². The molecule has 3 rings (SSSR count). The van der Waals surface area contributed by atoms with E-state index in [1.807, 2.05) is 6.07 Å². The van der Waals surface area contributed by atoms with Gasteiger partial charge >= 0.3 is 0 Å². The van der Waals surface area contributed by atoms with E-state index >= 15 is 0 Å². The van der Waals surface area contributed by atoms with Gasteiger partial charge in [-0.15, -0.1) is 0 Å². The molecular weight excluding hydrogens is 310 g/mol. The van der Waals surface area contributed by atoms with Gasteiger partial charge in [0.2, 0.25) is 0 Å². The van der Waals surface area contributed by atoms with Crippen LogP contribution in [0.4, 0.5) is 0 Å². The van der Waals surface area contributed by atoms with Crippen LogP contribution in [0.15, 0.2) is 54.6 Å².